The molecular formula is C21H22N4O4. The van der Waals surface area contributed by atoms with Gasteiger partial charge < -0.3 is 19.9 Å². The molecule has 3 rings (SSSR count). The summed E-state index contributed by atoms with van der Waals surface area (Å²) in [5.74, 6) is -0.276. The third kappa shape index (κ3) is 3.94. The number of benzene rings is 1. The van der Waals surface area contributed by atoms with Gasteiger partial charge in [-0.15, -0.1) is 0 Å². The van der Waals surface area contributed by atoms with E-state index < -0.39 is 11.9 Å². The smallest absolute Gasteiger partial charge is 0.338 e. The van der Waals surface area contributed by atoms with Crippen LogP contribution in [0.25, 0.3) is 0 Å². The molecule has 1 aromatic heterocycles. The molecule has 1 aliphatic rings. The van der Waals surface area contributed by atoms with E-state index in [1.165, 1.54) is 0 Å². The van der Waals surface area contributed by atoms with Crippen LogP contribution < -0.4 is 10.5 Å². The monoisotopic (exact) mass is 394 g/mol. The highest BCUT2D eigenvalue weighted by Gasteiger charge is 2.36. The van der Waals surface area contributed by atoms with E-state index in [1.54, 1.807) is 44.0 Å². The number of carbonyl (C=O) groups is 1. The van der Waals surface area contributed by atoms with E-state index in [0.717, 1.165) is 5.56 Å². The number of nitriles is 1. The highest BCUT2D eigenvalue weighted by Crippen LogP contribution is 2.40. The molecule has 2 heterocycles. The Morgan fingerprint density at radius 1 is 1.45 bits per heavy atom. The number of nitrogens with zero attached hydrogens (tertiary/aromatic N) is 3. The van der Waals surface area contributed by atoms with Gasteiger partial charge in [0.05, 0.1) is 31.8 Å². The average molecular weight is 394 g/mol. The third-order valence-corrected chi connectivity index (χ3v) is 4.63. The zero-order valence-corrected chi connectivity index (χ0v) is 16.5. The molecule has 1 aliphatic heterocycles. The van der Waals surface area contributed by atoms with E-state index in [2.05, 4.69) is 11.2 Å². The van der Waals surface area contributed by atoms with Crippen molar-refractivity contribution < 1.29 is 19.0 Å². The first-order valence-electron chi connectivity index (χ1n) is 9.09. The molecule has 0 saturated heterocycles. The van der Waals surface area contributed by atoms with Crippen molar-refractivity contribution in [3.8, 4) is 11.8 Å². The lowest BCUT2D eigenvalue weighted by Crippen LogP contribution is -2.25. The number of carbonyl (C=O) groups excluding carboxylic acids is 1. The summed E-state index contributed by atoms with van der Waals surface area (Å²) in [4.78, 5) is 12.7. The Labute approximate surface area is 168 Å². The van der Waals surface area contributed by atoms with Crippen molar-refractivity contribution in [2.75, 3.05) is 13.7 Å². The van der Waals surface area contributed by atoms with Crippen molar-refractivity contribution in [1.29, 1.82) is 5.26 Å². The van der Waals surface area contributed by atoms with Gasteiger partial charge in [-0.05, 0) is 37.6 Å². The fourth-order valence-electron chi connectivity index (χ4n) is 3.36. The van der Waals surface area contributed by atoms with E-state index >= 15 is 0 Å². The summed E-state index contributed by atoms with van der Waals surface area (Å²) >= 11 is 0. The lowest BCUT2D eigenvalue weighted by molar-refractivity contribution is -0.139. The minimum atomic E-state index is -0.699. The van der Waals surface area contributed by atoms with Crippen LogP contribution >= 0.6 is 0 Å². The molecular weight excluding hydrogens is 372 g/mol. The van der Waals surface area contributed by atoms with Gasteiger partial charge in [0, 0.05) is 18.0 Å². The molecule has 8 heteroatoms. The number of esters is 1. The molecule has 29 heavy (non-hydrogen) atoms. The first-order valence-corrected chi connectivity index (χ1v) is 9.09. The molecule has 0 aliphatic carbocycles. The highest BCUT2D eigenvalue weighted by molar-refractivity contribution is 5.92. The van der Waals surface area contributed by atoms with Crippen molar-refractivity contribution in [2.24, 2.45) is 5.73 Å². The van der Waals surface area contributed by atoms with Crippen molar-refractivity contribution in [2.45, 2.75) is 26.3 Å². The topological polar surface area (TPSA) is 112 Å². The number of methoxy groups -OCH3 is 1. The molecule has 0 radical (unpaired) electrons. The predicted molar refractivity (Wildman–Crippen MR) is 104 cm³/mol. The zero-order chi connectivity index (χ0) is 21.0. The summed E-state index contributed by atoms with van der Waals surface area (Å²) in [5.41, 5.74) is 7.93. The standard InChI is InChI=1S/C21H22N4O4/c1-4-28-21(26)18-13(2)29-20(23)16(11-22)19(18)14-6-7-17(27-3)15(10-14)12-25-9-5-8-24-25/h5-10,19H,4,12,23H2,1-3H3. The summed E-state index contributed by atoms with van der Waals surface area (Å²) in [6, 6.07) is 9.40. The number of aromatic nitrogens is 2. The van der Waals surface area contributed by atoms with Crippen LogP contribution in [0.15, 0.2) is 59.4 Å². The molecule has 0 spiro atoms. The van der Waals surface area contributed by atoms with Crippen LogP contribution in [0.2, 0.25) is 0 Å². The molecule has 2 aromatic rings. The fraction of sp³-hybridized carbons (Fsp3) is 0.286. The van der Waals surface area contributed by atoms with Crippen molar-refractivity contribution in [1.82, 2.24) is 9.78 Å². The van der Waals surface area contributed by atoms with Gasteiger partial charge in [0.25, 0.3) is 0 Å². The maximum Gasteiger partial charge on any atom is 0.338 e. The molecule has 150 valence electrons. The Hall–Kier alpha value is -3.73. The van der Waals surface area contributed by atoms with Gasteiger partial charge in [0.1, 0.15) is 23.2 Å². The second-order valence-electron chi connectivity index (χ2n) is 6.39. The van der Waals surface area contributed by atoms with Crippen molar-refractivity contribution in [3.63, 3.8) is 0 Å². The Bertz CT molecular complexity index is 1020. The first kappa shape index (κ1) is 20.0. The van der Waals surface area contributed by atoms with Crippen molar-refractivity contribution in [3.05, 3.63) is 70.6 Å². The van der Waals surface area contributed by atoms with E-state index in [-0.39, 0.29) is 23.6 Å². The number of nitrogens with two attached hydrogens (primary N) is 1. The van der Waals surface area contributed by atoms with Gasteiger partial charge >= 0.3 is 5.97 Å². The number of ether oxygens (including phenoxy) is 3. The largest absolute Gasteiger partial charge is 0.496 e. The van der Waals surface area contributed by atoms with Crippen LogP contribution in [0.5, 0.6) is 5.75 Å². The van der Waals surface area contributed by atoms with Crippen LogP contribution in [-0.2, 0) is 20.8 Å². The zero-order valence-electron chi connectivity index (χ0n) is 16.5. The molecule has 8 nitrogen and oxygen atoms in total. The van der Waals surface area contributed by atoms with Gasteiger partial charge in [-0.25, -0.2) is 4.79 Å². The quantitative estimate of drug-likeness (QED) is 0.749. The Morgan fingerprint density at radius 3 is 2.86 bits per heavy atom. The van der Waals surface area contributed by atoms with Crippen LogP contribution in [0.3, 0.4) is 0 Å². The van der Waals surface area contributed by atoms with Crippen molar-refractivity contribution >= 4 is 5.97 Å². The van der Waals surface area contributed by atoms with Crippen LogP contribution in [0.1, 0.15) is 30.9 Å². The van der Waals surface area contributed by atoms with E-state index in [1.807, 2.05) is 18.3 Å². The molecule has 0 amide bonds. The molecule has 1 unspecified atom stereocenters. The average Bonchev–Trinajstić information content (AvgIpc) is 3.20. The Balaban J connectivity index is 2.12. The number of rotatable bonds is 6. The maximum absolute atomic E-state index is 12.7. The highest BCUT2D eigenvalue weighted by atomic mass is 16.5. The summed E-state index contributed by atoms with van der Waals surface area (Å²) in [7, 11) is 1.59. The first-order chi connectivity index (χ1) is 14.0. The number of hydrogen-bond acceptors (Lipinski definition) is 7. The second-order valence-corrected chi connectivity index (χ2v) is 6.39. The number of allylic oxidation sites excluding steroid dienone is 2. The van der Waals surface area contributed by atoms with Gasteiger partial charge in [-0.3, -0.25) is 4.68 Å². The maximum atomic E-state index is 12.7. The molecule has 1 atom stereocenters. The van der Waals surface area contributed by atoms with E-state index in [4.69, 9.17) is 19.9 Å². The molecule has 0 fully saturated rings. The van der Waals surface area contributed by atoms with Gasteiger partial charge in [-0.2, -0.15) is 10.4 Å². The molecule has 0 bridgehead atoms. The van der Waals surface area contributed by atoms with Crippen LogP contribution in [-0.4, -0.2) is 29.5 Å². The summed E-state index contributed by atoms with van der Waals surface area (Å²) in [5, 5.41) is 13.9. The molecule has 0 saturated carbocycles. The van der Waals surface area contributed by atoms with Gasteiger partial charge in [0.2, 0.25) is 5.88 Å². The SMILES string of the molecule is CCOC(=O)C1=C(C)OC(N)=C(C#N)C1c1ccc(OC)c(Cn2cccn2)c1. The summed E-state index contributed by atoms with van der Waals surface area (Å²) in [6.07, 6.45) is 3.53. The van der Waals surface area contributed by atoms with E-state index in [0.29, 0.717) is 23.6 Å². The molecule has 2 N–H and O–H groups in total. The van der Waals surface area contributed by atoms with Gasteiger partial charge in [0.15, 0.2) is 0 Å². The fourth-order valence-corrected chi connectivity index (χ4v) is 3.36. The lowest BCUT2D eigenvalue weighted by Gasteiger charge is -2.27. The Kier molecular flexibility index (Phi) is 5.88. The van der Waals surface area contributed by atoms with Crippen LogP contribution in [0, 0.1) is 11.3 Å². The van der Waals surface area contributed by atoms with Crippen LogP contribution in [0.4, 0.5) is 0 Å². The number of hydrogen-bond donors (Lipinski definition) is 1. The third-order valence-electron chi connectivity index (χ3n) is 4.63. The molecule has 1 aromatic carbocycles. The minimum Gasteiger partial charge on any atom is -0.496 e. The predicted octanol–water partition coefficient (Wildman–Crippen LogP) is 2.58. The minimum absolute atomic E-state index is 0.0208. The summed E-state index contributed by atoms with van der Waals surface area (Å²) < 4.78 is 17.9. The lowest BCUT2D eigenvalue weighted by atomic mass is 9.82. The van der Waals surface area contributed by atoms with Gasteiger partial charge in [-0.1, -0.05) is 6.07 Å². The Morgan fingerprint density at radius 2 is 2.24 bits per heavy atom. The second kappa shape index (κ2) is 8.52. The summed E-state index contributed by atoms with van der Waals surface area (Å²) in [6.45, 7) is 4.02. The van der Waals surface area contributed by atoms with E-state index in [9.17, 15) is 10.1 Å². The normalized spacial score (nSPS) is 16.3.